The molecule has 40 heavy (non-hydrogen) atoms. The summed E-state index contributed by atoms with van der Waals surface area (Å²) in [5.74, 6) is -0.143. The Morgan fingerprint density at radius 1 is 0.725 bits per heavy atom. The molecule has 12 heteroatoms. The minimum atomic E-state index is -0.980. The standard InChI is InChI=1S/C28H43NO11/c1-18(2)10-12-35-26(31)36-13-11-29-22(25(30)34-7)14-21-8-9-23(39-27(32)37-16-19(3)4)24(15-21)40-28(33)38-17-20(5)6/h8-9,15,18-20,22,29H,10-14,16-17H2,1-7H3/t22-/m0/s1. The summed E-state index contributed by atoms with van der Waals surface area (Å²) in [5, 5.41) is 2.97. The van der Waals surface area contributed by atoms with E-state index in [-0.39, 0.29) is 62.7 Å². The highest BCUT2D eigenvalue weighted by Crippen LogP contribution is 2.30. The predicted molar refractivity (Wildman–Crippen MR) is 144 cm³/mol. The normalized spacial score (nSPS) is 11.7. The molecule has 0 bridgehead atoms. The van der Waals surface area contributed by atoms with Crippen molar-refractivity contribution in [2.24, 2.45) is 17.8 Å². The quantitative estimate of drug-likeness (QED) is 0.125. The first-order chi connectivity index (χ1) is 18.9. The van der Waals surface area contributed by atoms with Crippen molar-refractivity contribution >= 4 is 24.4 Å². The van der Waals surface area contributed by atoms with E-state index >= 15 is 0 Å². The largest absolute Gasteiger partial charge is 0.513 e. The number of methoxy groups -OCH3 is 1. The van der Waals surface area contributed by atoms with Crippen LogP contribution in [0.15, 0.2) is 18.2 Å². The van der Waals surface area contributed by atoms with Crippen LogP contribution in [-0.4, -0.2) is 70.6 Å². The monoisotopic (exact) mass is 569 g/mol. The Balaban J connectivity index is 2.91. The third-order valence-corrected chi connectivity index (χ3v) is 5.02. The van der Waals surface area contributed by atoms with Gasteiger partial charge in [0.15, 0.2) is 11.5 Å². The molecule has 1 N–H and O–H groups in total. The zero-order chi connectivity index (χ0) is 30.1. The van der Waals surface area contributed by atoms with Gasteiger partial charge in [0.1, 0.15) is 12.6 Å². The van der Waals surface area contributed by atoms with Crippen LogP contribution in [0.3, 0.4) is 0 Å². The maximum atomic E-state index is 12.4. The number of ether oxygens (including phenoxy) is 7. The van der Waals surface area contributed by atoms with Crippen LogP contribution >= 0.6 is 0 Å². The van der Waals surface area contributed by atoms with Crippen LogP contribution in [0, 0.1) is 17.8 Å². The molecule has 0 unspecified atom stereocenters. The van der Waals surface area contributed by atoms with Gasteiger partial charge in [-0.15, -0.1) is 0 Å². The van der Waals surface area contributed by atoms with Crippen LogP contribution < -0.4 is 14.8 Å². The Morgan fingerprint density at radius 3 is 1.85 bits per heavy atom. The van der Waals surface area contributed by atoms with E-state index in [1.54, 1.807) is 6.07 Å². The molecule has 0 radical (unpaired) electrons. The molecule has 0 spiro atoms. The molecule has 0 aliphatic carbocycles. The van der Waals surface area contributed by atoms with Crippen molar-refractivity contribution in [2.75, 3.05) is 40.1 Å². The van der Waals surface area contributed by atoms with Crippen molar-refractivity contribution in [1.82, 2.24) is 5.32 Å². The fourth-order valence-corrected chi connectivity index (χ4v) is 2.96. The van der Waals surface area contributed by atoms with Gasteiger partial charge in [0, 0.05) is 6.54 Å². The highest BCUT2D eigenvalue weighted by Gasteiger charge is 2.22. The van der Waals surface area contributed by atoms with Crippen LogP contribution in [0.1, 0.15) is 53.5 Å². The van der Waals surface area contributed by atoms with Gasteiger partial charge in [-0.1, -0.05) is 47.6 Å². The van der Waals surface area contributed by atoms with E-state index in [1.165, 1.54) is 19.2 Å². The number of hydrogen-bond acceptors (Lipinski definition) is 12. The maximum absolute atomic E-state index is 12.4. The van der Waals surface area contributed by atoms with Gasteiger partial charge in [0.2, 0.25) is 0 Å². The summed E-state index contributed by atoms with van der Waals surface area (Å²) < 4.78 is 35.5. The van der Waals surface area contributed by atoms with E-state index in [2.05, 4.69) is 5.32 Å². The Kier molecular flexibility index (Phi) is 16.1. The summed E-state index contributed by atoms with van der Waals surface area (Å²) in [4.78, 5) is 48.4. The maximum Gasteiger partial charge on any atom is 0.513 e. The van der Waals surface area contributed by atoms with Gasteiger partial charge < -0.3 is 38.5 Å². The smallest absolute Gasteiger partial charge is 0.468 e. The van der Waals surface area contributed by atoms with E-state index in [1.807, 2.05) is 41.5 Å². The lowest BCUT2D eigenvalue weighted by Gasteiger charge is -2.18. The van der Waals surface area contributed by atoms with E-state index < -0.39 is 30.5 Å². The van der Waals surface area contributed by atoms with Crippen molar-refractivity contribution in [1.29, 1.82) is 0 Å². The molecule has 0 heterocycles. The Labute approximate surface area is 235 Å². The molecule has 1 aromatic carbocycles. The molecule has 0 aromatic heterocycles. The predicted octanol–water partition coefficient (Wildman–Crippen LogP) is 4.90. The Bertz CT molecular complexity index is 946. The molecule has 0 aliphatic rings. The van der Waals surface area contributed by atoms with Crippen LogP contribution in [0.4, 0.5) is 14.4 Å². The SMILES string of the molecule is COC(=O)[C@H](Cc1ccc(OC(=O)OCC(C)C)c(OC(=O)OCC(C)C)c1)NCCOC(=O)OCCC(C)C. The summed E-state index contributed by atoms with van der Waals surface area (Å²) in [6, 6.07) is 3.63. The molecular formula is C28H43NO11. The summed E-state index contributed by atoms with van der Waals surface area (Å²) in [6.45, 7) is 12.2. The minimum Gasteiger partial charge on any atom is -0.468 e. The second kappa shape index (κ2) is 18.7. The second-order valence-corrected chi connectivity index (χ2v) is 10.3. The van der Waals surface area contributed by atoms with Crippen molar-refractivity contribution in [3.63, 3.8) is 0 Å². The Morgan fingerprint density at radius 2 is 1.30 bits per heavy atom. The van der Waals surface area contributed by atoms with Crippen LogP contribution in [0.5, 0.6) is 11.5 Å². The summed E-state index contributed by atoms with van der Waals surface area (Å²) in [6.07, 6.45) is -1.89. The van der Waals surface area contributed by atoms with Crippen molar-refractivity contribution in [2.45, 2.75) is 60.4 Å². The molecule has 0 fully saturated rings. The number of carbonyl (C=O) groups is 4. The molecule has 1 atom stereocenters. The average Bonchev–Trinajstić information content (AvgIpc) is 2.88. The highest BCUT2D eigenvalue weighted by molar-refractivity contribution is 5.76. The molecule has 1 aromatic rings. The van der Waals surface area contributed by atoms with E-state index in [9.17, 15) is 19.2 Å². The zero-order valence-electron chi connectivity index (χ0n) is 24.5. The fourth-order valence-electron chi connectivity index (χ4n) is 2.96. The first kappa shape index (κ1) is 34.5. The van der Waals surface area contributed by atoms with E-state index in [0.717, 1.165) is 6.42 Å². The Hall–Kier alpha value is -3.54. The van der Waals surface area contributed by atoms with E-state index in [0.29, 0.717) is 11.5 Å². The third-order valence-electron chi connectivity index (χ3n) is 5.02. The van der Waals surface area contributed by atoms with Gasteiger partial charge >= 0.3 is 24.4 Å². The lowest BCUT2D eigenvalue weighted by atomic mass is 10.1. The molecule has 0 amide bonds. The first-order valence-corrected chi connectivity index (χ1v) is 13.3. The van der Waals surface area contributed by atoms with Gasteiger partial charge in [0.25, 0.3) is 0 Å². The lowest BCUT2D eigenvalue weighted by molar-refractivity contribution is -0.143. The highest BCUT2D eigenvalue weighted by atomic mass is 16.7. The summed E-state index contributed by atoms with van der Waals surface area (Å²) in [7, 11) is 1.25. The molecule has 0 saturated carbocycles. The molecule has 12 nitrogen and oxygen atoms in total. The number of esters is 1. The van der Waals surface area contributed by atoms with Crippen molar-refractivity contribution < 1.29 is 52.3 Å². The molecule has 1 rings (SSSR count). The molecule has 226 valence electrons. The average molecular weight is 570 g/mol. The van der Waals surface area contributed by atoms with Crippen molar-refractivity contribution in [3.8, 4) is 11.5 Å². The number of rotatable bonds is 16. The van der Waals surface area contributed by atoms with Crippen LogP contribution in [0.25, 0.3) is 0 Å². The van der Waals surface area contributed by atoms with Gasteiger partial charge in [-0.25, -0.2) is 14.4 Å². The second-order valence-electron chi connectivity index (χ2n) is 10.3. The molecule has 0 saturated heterocycles. The molecule has 0 aliphatic heterocycles. The third kappa shape index (κ3) is 15.2. The summed E-state index contributed by atoms with van der Waals surface area (Å²) >= 11 is 0. The van der Waals surface area contributed by atoms with E-state index in [4.69, 9.17) is 33.2 Å². The number of benzene rings is 1. The number of carbonyl (C=O) groups excluding carboxylic acids is 4. The fraction of sp³-hybridized carbons (Fsp3) is 0.643. The summed E-state index contributed by atoms with van der Waals surface area (Å²) in [5.41, 5.74) is 0.548. The minimum absolute atomic E-state index is 0.0324. The van der Waals surface area contributed by atoms with Crippen LogP contribution in [-0.2, 0) is 34.9 Å². The zero-order valence-corrected chi connectivity index (χ0v) is 24.5. The van der Waals surface area contributed by atoms with Gasteiger partial charge in [-0.3, -0.25) is 4.79 Å². The first-order valence-electron chi connectivity index (χ1n) is 13.3. The van der Waals surface area contributed by atoms with Gasteiger partial charge in [0.05, 0.1) is 26.9 Å². The topological polar surface area (TPSA) is 145 Å². The van der Waals surface area contributed by atoms with Gasteiger partial charge in [-0.05, 0) is 48.3 Å². The number of nitrogens with one attached hydrogen (secondary N) is 1. The lowest BCUT2D eigenvalue weighted by Crippen LogP contribution is -2.41. The van der Waals surface area contributed by atoms with Crippen LogP contribution in [0.2, 0.25) is 0 Å². The number of hydrogen-bond donors (Lipinski definition) is 1. The van der Waals surface area contributed by atoms with Gasteiger partial charge in [-0.2, -0.15) is 0 Å². The molecular weight excluding hydrogens is 526 g/mol. The van der Waals surface area contributed by atoms with Crippen molar-refractivity contribution in [3.05, 3.63) is 23.8 Å².